The Morgan fingerprint density at radius 3 is 2.48 bits per heavy atom. The third-order valence-electron chi connectivity index (χ3n) is 4.85. The summed E-state index contributed by atoms with van der Waals surface area (Å²) in [4.78, 5) is 28.6. The molecular weight excluding hydrogens is 316 g/mol. The van der Waals surface area contributed by atoms with Crippen molar-refractivity contribution < 1.29 is 14.3 Å². The molecule has 4 rings (SSSR count). The molecule has 1 atom stereocenters. The van der Waals surface area contributed by atoms with Crippen molar-refractivity contribution in [3.05, 3.63) is 65.2 Å². The van der Waals surface area contributed by atoms with Gasteiger partial charge in [-0.05, 0) is 35.7 Å². The quantitative estimate of drug-likeness (QED) is 0.807. The van der Waals surface area contributed by atoms with Gasteiger partial charge in [-0.2, -0.15) is 0 Å². The first kappa shape index (κ1) is 15.7. The summed E-state index contributed by atoms with van der Waals surface area (Å²) >= 11 is 0. The maximum absolute atomic E-state index is 12.8. The van der Waals surface area contributed by atoms with Crippen molar-refractivity contribution in [2.45, 2.75) is 32.5 Å². The predicted octanol–water partition coefficient (Wildman–Crippen LogP) is 2.97. The molecule has 128 valence electrons. The molecule has 2 aliphatic heterocycles. The van der Waals surface area contributed by atoms with E-state index in [1.807, 2.05) is 55.5 Å². The van der Waals surface area contributed by atoms with Crippen LogP contribution in [0.25, 0.3) is 0 Å². The molecule has 0 aliphatic carbocycles. The SMILES string of the molecule is CCOc1ccc(CN2C(=O)C3Cc4ccccc4CN3C2=O)cc1. The third-order valence-corrected chi connectivity index (χ3v) is 4.85. The number of hydrogen-bond acceptors (Lipinski definition) is 3. The first-order valence-corrected chi connectivity index (χ1v) is 8.58. The zero-order chi connectivity index (χ0) is 17.4. The normalized spacial score (nSPS) is 19.0. The minimum atomic E-state index is -0.370. The van der Waals surface area contributed by atoms with E-state index >= 15 is 0 Å². The number of urea groups is 1. The van der Waals surface area contributed by atoms with Crippen molar-refractivity contribution in [1.29, 1.82) is 0 Å². The maximum Gasteiger partial charge on any atom is 0.328 e. The average Bonchev–Trinajstić information content (AvgIpc) is 2.86. The highest BCUT2D eigenvalue weighted by atomic mass is 16.5. The minimum Gasteiger partial charge on any atom is -0.494 e. The lowest BCUT2D eigenvalue weighted by Gasteiger charge is -2.28. The number of hydrogen-bond donors (Lipinski definition) is 0. The van der Waals surface area contributed by atoms with Crippen molar-refractivity contribution in [2.75, 3.05) is 6.61 Å². The van der Waals surface area contributed by atoms with Crippen molar-refractivity contribution in [2.24, 2.45) is 0 Å². The monoisotopic (exact) mass is 336 g/mol. The van der Waals surface area contributed by atoms with Gasteiger partial charge in [-0.25, -0.2) is 4.79 Å². The third kappa shape index (κ3) is 2.76. The van der Waals surface area contributed by atoms with Crippen LogP contribution in [0.3, 0.4) is 0 Å². The molecule has 2 heterocycles. The molecule has 2 aromatic rings. The van der Waals surface area contributed by atoms with Gasteiger partial charge in [0.1, 0.15) is 11.8 Å². The van der Waals surface area contributed by atoms with E-state index in [2.05, 4.69) is 0 Å². The predicted molar refractivity (Wildman–Crippen MR) is 93.0 cm³/mol. The number of nitrogens with zero attached hydrogens (tertiary/aromatic N) is 2. The second-order valence-electron chi connectivity index (χ2n) is 6.40. The van der Waals surface area contributed by atoms with Gasteiger partial charge in [0, 0.05) is 13.0 Å². The number of fused-ring (bicyclic) bond motifs is 2. The smallest absolute Gasteiger partial charge is 0.328 e. The molecule has 5 heteroatoms. The van der Waals surface area contributed by atoms with Gasteiger partial charge in [0.2, 0.25) is 0 Å². The molecule has 5 nitrogen and oxygen atoms in total. The largest absolute Gasteiger partial charge is 0.494 e. The number of carbonyl (C=O) groups is 2. The summed E-state index contributed by atoms with van der Waals surface area (Å²) in [7, 11) is 0. The standard InChI is InChI=1S/C20H20N2O3/c1-2-25-17-9-7-14(8-10-17)12-22-19(23)18-11-15-5-3-4-6-16(15)13-21(18)20(22)24/h3-10,18H,2,11-13H2,1H3. The van der Waals surface area contributed by atoms with Gasteiger partial charge < -0.3 is 9.64 Å². The highest BCUT2D eigenvalue weighted by Gasteiger charge is 2.46. The summed E-state index contributed by atoms with van der Waals surface area (Å²) in [6, 6.07) is 15.0. The molecule has 0 bridgehead atoms. The molecule has 0 radical (unpaired) electrons. The van der Waals surface area contributed by atoms with Crippen LogP contribution in [0.2, 0.25) is 0 Å². The summed E-state index contributed by atoms with van der Waals surface area (Å²) in [5.41, 5.74) is 3.21. The molecule has 0 aromatic heterocycles. The zero-order valence-corrected chi connectivity index (χ0v) is 14.1. The lowest BCUT2D eigenvalue weighted by molar-refractivity contribution is -0.128. The van der Waals surface area contributed by atoms with Gasteiger partial charge >= 0.3 is 6.03 Å². The van der Waals surface area contributed by atoms with Crippen LogP contribution in [-0.2, 0) is 24.3 Å². The highest BCUT2D eigenvalue weighted by molar-refractivity contribution is 6.04. The van der Waals surface area contributed by atoms with Gasteiger partial charge in [-0.3, -0.25) is 9.69 Å². The lowest BCUT2D eigenvalue weighted by atomic mass is 9.95. The summed E-state index contributed by atoms with van der Waals surface area (Å²) in [6.45, 7) is 3.35. The van der Waals surface area contributed by atoms with E-state index in [1.165, 1.54) is 4.90 Å². The Bertz CT molecular complexity index is 773. The van der Waals surface area contributed by atoms with Crippen LogP contribution in [0.15, 0.2) is 48.5 Å². The second kappa shape index (κ2) is 6.24. The van der Waals surface area contributed by atoms with Crippen molar-refractivity contribution in [3.8, 4) is 5.75 Å². The number of rotatable bonds is 4. The summed E-state index contributed by atoms with van der Waals surface area (Å²) in [5.74, 6) is 0.687. The van der Waals surface area contributed by atoms with E-state index in [0.29, 0.717) is 26.1 Å². The first-order chi connectivity index (χ1) is 12.2. The van der Waals surface area contributed by atoms with E-state index < -0.39 is 0 Å². The summed E-state index contributed by atoms with van der Waals surface area (Å²) < 4.78 is 5.43. The van der Waals surface area contributed by atoms with Gasteiger partial charge in [0.15, 0.2) is 0 Å². The minimum absolute atomic E-state index is 0.103. The van der Waals surface area contributed by atoms with E-state index in [-0.39, 0.29) is 18.0 Å². The maximum atomic E-state index is 12.8. The van der Waals surface area contributed by atoms with Crippen LogP contribution >= 0.6 is 0 Å². The van der Waals surface area contributed by atoms with Gasteiger partial charge in [0.25, 0.3) is 5.91 Å². The average molecular weight is 336 g/mol. The van der Waals surface area contributed by atoms with Crippen molar-refractivity contribution >= 4 is 11.9 Å². The fourth-order valence-electron chi connectivity index (χ4n) is 3.56. The van der Waals surface area contributed by atoms with Crippen LogP contribution in [0.1, 0.15) is 23.6 Å². The number of benzene rings is 2. The summed E-state index contributed by atoms with van der Waals surface area (Å²) in [6.07, 6.45) is 0.598. The van der Waals surface area contributed by atoms with Gasteiger partial charge in [-0.1, -0.05) is 36.4 Å². The van der Waals surface area contributed by atoms with E-state index in [0.717, 1.165) is 22.4 Å². The van der Waals surface area contributed by atoms with E-state index in [4.69, 9.17) is 4.74 Å². The van der Waals surface area contributed by atoms with E-state index in [1.54, 1.807) is 4.90 Å². The molecule has 1 saturated heterocycles. The molecule has 3 amide bonds. The van der Waals surface area contributed by atoms with Crippen LogP contribution in [0.4, 0.5) is 4.79 Å². The topological polar surface area (TPSA) is 49.9 Å². The molecule has 0 N–H and O–H groups in total. The van der Waals surface area contributed by atoms with Crippen LogP contribution in [0, 0.1) is 0 Å². The fourth-order valence-corrected chi connectivity index (χ4v) is 3.56. The van der Waals surface area contributed by atoms with E-state index in [9.17, 15) is 9.59 Å². The Kier molecular flexibility index (Phi) is 3.92. The second-order valence-corrected chi connectivity index (χ2v) is 6.40. The number of amides is 3. The number of imide groups is 1. The number of carbonyl (C=O) groups excluding carboxylic acids is 2. The molecule has 0 saturated carbocycles. The lowest BCUT2D eigenvalue weighted by Crippen LogP contribution is -2.39. The Balaban J connectivity index is 1.53. The van der Waals surface area contributed by atoms with Crippen LogP contribution < -0.4 is 4.74 Å². The van der Waals surface area contributed by atoms with Crippen LogP contribution in [-0.4, -0.2) is 34.4 Å². The molecular formula is C20H20N2O3. The zero-order valence-electron chi connectivity index (χ0n) is 14.1. The van der Waals surface area contributed by atoms with Crippen molar-refractivity contribution in [3.63, 3.8) is 0 Å². The molecule has 0 spiro atoms. The molecule has 1 fully saturated rings. The Morgan fingerprint density at radius 1 is 1.04 bits per heavy atom. The molecule has 2 aromatic carbocycles. The summed E-state index contributed by atoms with van der Waals surface area (Å²) in [5, 5.41) is 0. The fraction of sp³-hybridized carbons (Fsp3) is 0.300. The Labute approximate surface area is 146 Å². The Hall–Kier alpha value is -2.82. The Morgan fingerprint density at radius 2 is 1.76 bits per heavy atom. The van der Waals surface area contributed by atoms with Gasteiger partial charge in [-0.15, -0.1) is 0 Å². The molecule has 2 aliphatic rings. The van der Waals surface area contributed by atoms with Gasteiger partial charge in [0.05, 0.1) is 13.2 Å². The molecule has 1 unspecified atom stereocenters. The first-order valence-electron chi connectivity index (χ1n) is 8.58. The van der Waals surface area contributed by atoms with Crippen LogP contribution in [0.5, 0.6) is 5.75 Å². The molecule has 25 heavy (non-hydrogen) atoms. The van der Waals surface area contributed by atoms with Crippen molar-refractivity contribution in [1.82, 2.24) is 9.80 Å². The number of ether oxygens (including phenoxy) is 1. The highest BCUT2D eigenvalue weighted by Crippen LogP contribution is 2.30.